The Morgan fingerprint density at radius 2 is 1.91 bits per heavy atom. The number of aromatic amines is 1. The Morgan fingerprint density at radius 3 is 2.75 bits per heavy atom. The summed E-state index contributed by atoms with van der Waals surface area (Å²) in [6, 6.07) is 15.1. The molecular formula is C24H18N4O4. The Balaban J connectivity index is 1.52. The Bertz CT molecular complexity index is 1540. The topological polar surface area (TPSA) is 103 Å². The molecule has 3 aromatic heterocycles. The number of ketones is 1. The van der Waals surface area contributed by atoms with Crippen molar-refractivity contribution in [3.05, 3.63) is 81.8 Å². The van der Waals surface area contributed by atoms with Crippen molar-refractivity contribution in [1.82, 2.24) is 19.7 Å². The van der Waals surface area contributed by atoms with Crippen molar-refractivity contribution in [3.8, 4) is 11.8 Å². The number of benzene rings is 2. The minimum atomic E-state index is -0.343. The van der Waals surface area contributed by atoms with Gasteiger partial charge in [-0.05, 0) is 41.7 Å². The number of Topliss-reactive ketones (excluding diaryl/α,β-unsaturated/α-hetero) is 1. The summed E-state index contributed by atoms with van der Waals surface area (Å²) in [6.45, 7) is 0. The third-order valence-corrected chi connectivity index (χ3v) is 6.06. The van der Waals surface area contributed by atoms with E-state index in [0.29, 0.717) is 46.1 Å². The molecule has 0 radical (unpaired) electrons. The molecule has 158 valence electrons. The lowest BCUT2D eigenvalue weighted by Crippen LogP contribution is -2.22. The van der Waals surface area contributed by atoms with Gasteiger partial charge in [0, 0.05) is 18.2 Å². The lowest BCUT2D eigenvalue weighted by Gasteiger charge is -2.25. The highest BCUT2D eigenvalue weighted by molar-refractivity contribution is 6.02. The number of pyridine rings is 1. The number of aromatic nitrogens is 4. The normalized spacial score (nSPS) is 15.9. The first-order chi connectivity index (χ1) is 15.6. The van der Waals surface area contributed by atoms with Gasteiger partial charge in [0.25, 0.3) is 5.56 Å². The summed E-state index contributed by atoms with van der Waals surface area (Å²) >= 11 is 0. The highest BCUT2D eigenvalue weighted by atomic mass is 16.5. The molecule has 2 aromatic carbocycles. The minimum Gasteiger partial charge on any atom is -0.496 e. The lowest BCUT2D eigenvalue weighted by atomic mass is 9.79. The fourth-order valence-electron chi connectivity index (χ4n) is 4.55. The van der Waals surface area contributed by atoms with E-state index in [1.165, 1.54) is 4.68 Å². The Morgan fingerprint density at radius 1 is 1.09 bits per heavy atom. The molecular weight excluding hydrogens is 408 g/mol. The van der Waals surface area contributed by atoms with E-state index in [1.54, 1.807) is 19.4 Å². The minimum absolute atomic E-state index is 0.0365. The number of ether oxygens (including phenoxy) is 1. The second-order valence-corrected chi connectivity index (χ2v) is 7.86. The number of H-pyrrole nitrogens is 1. The van der Waals surface area contributed by atoms with Crippen LogP contribution in [0.3, 0.4) is 0 Å². The van der Waals surface area contributed by atoms with Crippen molar-refractivity contribution >= 4 is 27.9 Å². The van der Waals surface area contributed by atoms with Crippen LogP contribution >= 0.6 is 0 Å². The molecule has 1 aliphatic rings. The molecule has 0 fully saturated rings. The van der Waals surface area contributed by atoms with Crippen LogP contribution in [0.2, 0.25) is 0 Å². The van der Waals surface area contributed by atoms with Gasteiger partial charge in [-0.15, -0.1) is 0 Å². The molecule has 0 spiro atoms. The molecule has 6 rings (SSSR count). The number of carbonyl (C=O) groups excluding carboxylic acids is 1. The fraction of sp³-hybridized carbons (Fsp3) is 0.167. The molecule has 1 N–H and O–H groups in total. The maximum absolute atomic E-state index is 13.4. The van der Waals surface area contributed by atoms with Gasteiger partial charge in [-0.3, -0.25) is 14.7 Å². The van der Waals surface area contributed by atoms with Crippen molar-refractivity contribution in [2.75, 3.05) is 7.11 Å². The van der Waals surface area contributed by atoms with Gasteiger partial charge in [-0.25, -0.2) is 4.98 Å². The van der Waals surface area contributed by atoms with E-state index >= 15 is 0 Å². The molecule has 32 heavy (non-hydrogen) atoms. The second kappa shape index (κ2) is 6.91. The van der Waals surface area contributed by atoms with Crippen molar-refractivity contribution in [2.24, 2.45) is 0 Å². The smallest absolute Gasteiger partial charge is 0.325 e. The number of methoxy groups -OCH3 is 1. The van der Waals surface area contributed by atoms with E-state index in [0.717, 1.165) is 11.3 Å². The molecule has 0 aliphatic heterocycles. The first-order valence-corrected chi connectivity index (χ1v) is 10.3. The number of nitrogens with one attached hydrogen (secondary N) is 1. The predicted molar refractivity (Wildman–Crippen MR) is 118 cm³/mol. The molecule has 5 aromatic rings. The summed E-state index contributed by atoms with van der Waals surface area (Å²) in [6.07, 6.45) is 2.41. The van der Waals surface area contributed by atoms with Crippen LogP contribution in [-0.4, -0.2) is 32.6 Å². The van der Waals surface area contributed by atoms with Crippen LogP contribution < -0.4 is 10.3 Å². The number of rotatable bonds is 3. The molecule has 1 atom stereocenters. The maximum Gasteiger partial charge on any atom is 0.325 e. The third-order valence-electron chi connectivity index (χ3n) is 6.06. The first kappa shape index (κ1) is 18.6. The third kappa shape index (κ3) is 2.69. The Kier molecular flexibility index (Phi) is 4.01. The number of hydrogen-bond acceptors (Lipinski definition) is 6. The van der Waals surface area contributed by atoms with Crippen LogP contribution in [0.15, 0.2) is 63.9 Å². The standard InChI is InChI=1S/C24H18N4O4/c1-31-19-8-4-2-6-14(19)13-10-15-16(18(29)11-13)12-25-22-21(15)23(30)28(27-22)24-26-17-7-3-5-9-20(17)32-24/h2-9,12-13H,10-11H2,1H3,(H,25,27)/t13-/m0/s1. The number of para-hydroxylation sites is 3. The molecule has 1 aliphatic carbocycles. The molecule has 3 heterocycles. The number of fused-ring (bicyclic) bond motifs is 4. The van der Waals surface area contributed by atoms with Gasteiger partial charge in [-0.2, -0.15) is 9.67 Å². The first-order valence-electron chi connectivity index (χ1n) is 10.3. The number of nitrogens with zero attached hydrogens (tertiary/aromatic N) is 3. The monoisotopic (exact) mass is 426 g/mol. The molecule has 0 saturated carbocycles. The van der Waals surface area contributed by atoms with Gasteiger partial charge in [-0.1, -0.05) is 30.3 Å². The number of hydrogen-bond donors (Lipinski definition) is 1. The SMILES string of the molecule is COc1ccccc1[C@@H]1CC(=O)c2cnc3[nH]n(-c4nc5ccccc5o4)c(=O)c3c2C1. The van der Waals surface area contributed by atoms with Crippen LogP contribution in [0.4, 0.5) is 0 Å². The highest BCUT2D eigenvalue weighted by Crippen LogP contribution is 2.38. The summed E-state index contributed by atoms with van der Waals surface area (Å²) in [4.78, 5) is 35.1. The van der Waals surface area contributed by atoms with E-state index in [-0.39, 0.29) is 23.3 Å². The zero-order valence-electron chi connectivity index (χ0n) is 17.2. The molecule has 0 saturated heterocycles. The van der Waals surface area contributed by atoms with Crippen LogP contribution in [0.25, 0.3) is 28.1 Å². The molecule has 8 heteroatoms. The van der Waals surface area contributed by atoms with Crippen molar-refractivity contribution in [1.29, 1.82) is 0 Å². The molecule has 0 amide bonds. The van der Waals surface area contributed by atoms with Gasteiger partial charge in [0.1, 0.15) is 11.3 Å². The summed E-state index contributed by atoms with van der Waals surface area (Å²) in [5.41, 5.74) is 3.41. The van der Waals surface area contributed by atoms with Crippen LogP contribution in [-0.2, 0) is 6.42 Å². The second-order valence-electron chi connectivity index (χ2n) is 7.86. The van der Waals surface area contributed by atoms with Crippen LogP contribution in [0, 0.1) is 0 Å². The van der Waals surface area contributed by atoms with Crippen molar-refractivity contribution in [3.63, 3.8) is 0 Å². The van der Waals surface area contributed by atoms with Gasteiger partial charge in [0.15, 0.2) is 17.0 Å². The molecule has 0 bridgehead atoms. The molecule has 8 nitrogen and oxygen atoms in total. The Hall–Kier alpha value is -4.20. The van der Waals surface area contributed by atoms with E-state index in [4.69, 9.17) is 9.15 Å². The van der Waals surface area contributed by atoms with E-state index in [9.17, 15) is 9.59 Å². The van der Waals surface area contributed by atoms with Crippen molar-refractivity contribution in [2.45, 2.75) is 18.8 Å². The summed E-state index contributed by atoms with van der Waals surface area (Å²) in [5.74, 6) is 0.603. The van der Waals surface area contributed by atoms with E-state index < -0.39 is 0 Å². The van der Waals surface area contributed by atoms with Crippen LogP contribution in [0.5, 0.6) is 5.75 Å². The van der Waals surface area contributed by atoms with E-state index in [2.05, 4.69) is 15.1 Å². The van der Waals surface area contributed by atoms with Crippen LogP contribution in [0.1, 0.15) is 33.8 Å². The predicted octanol–water partition coefficient (Wildman–Crippen LogP) is 3.78. The van der Waals surface area contributed by atoms with Crippen molar-refractivity contribution < 1.29 is 13.9 Å². The van der Waals surface area contributed by atoms with Gasteiger partial charge in [0.2, 0.25) is 0 Å². The maximum atomic E-state index is 13.4. The average molecular weight is 426 g/mol. The summed E-state index contributed by atoms with van der Waals surface area (Å²) < 4.78 is 12.5. The lowest BCUT2D eigenvalue weighted by molar-refractivity contribution is 0.0964. The quantitative estimate of drug-likeness (QED) is 0.471. The van der Waals surface area contributed by atoms with Gasteiger partial charge >= 0.3 is 6.01 Å². The summed E-state index contributed by atoms with van der Waals surface area (Å²) in [7, 11) is 1.62. The Labute approximate surface area is 181 Å². The number of oxazole rings is 1. The largest absolute Gasteiger partial charge is 0.496 e. The zero-order valence-corrected chi connectivity index (χ0v) is 17.2. The summed E-state index contributed by atoms with van der Waals surface area (Å²) in [5, 5.41) is 3.37. The van der Waals surface area contributed by atoms with Gasteiger partial charge in [0.05, 0.1) is 12.5 Å². The fourth-order valence-corrected chi connectivity index (χ4v) is 4.55. The number of carbonyl (C=O) groups is 1. The molecule has 0 unspecified atom stereocenters. The van der Waals surface area contributed by atoms with E-state index in [1.807, 2.05) is 42.5 Å². The zero-order chi connectivity index (χ0) is 21.8. The average Bonchev–Trinajstić information content (AvgIpc) is 3.40. The van der Waals surface area contributed by atoms with Gasteiger partial charge < -0.3 is 9.15 Å². The highest BCUT2D eigenvalue weighted by Gasteiger charge is 2.31.